The third-order valence-corrected chi connectivity index (χ3v) is 15.6. The minimum Gasteiger partial charge on any atom is -0.310 e. The molecule has 2 aliphatic carbocycles. The van der Waals surface area contributed by atoms with Crippen LogP contribution in [0.5, 0.6) is 0 Å². The van der Waals surface area contributed by atoms with Crippen LogP contribution in [0.3, 0.4) is 0 Å². The molecule has 0 bridgehead atoms. The second-order valence-electron chi connectivity index (χ2n) is 18.7. The highest BCUT2D eigenvalue weighted by Gasteiger charge is 2.53. The van der Waals surface area contributed by atoms with Gasteiger partial charge in [0.1, 0.15) is 0 Å². The van der Waals surface area contributed by atoms with Crippen LogP contribution in [-0.4, -0.2) is 0 Å². The Bertz CT molecular complexity index is 3680. The first kappa shape index (κ1) is 40.8. The van der Waals surface area contributed by atoms with Gasteiger partial charge in [-0.2, -0.15) is 21.0 Å². The topological polar surface area (TPSA) is 102 Å². The fourth-order valence-corrected chi connectivity index (χ4v) is 13.1. The van der Waals surface area contributed by atoms with E-state index in [0.717, 1.165) is 45.0 Å². The molecule has 330 valence electrons. The Kier molecular flexibility index (Phi) is 8.57. The second kappa shape index (κ2) is 15.1. The van der Waals surface area contributed by atoms with Gasteiger partial charge < -0.3 is 9.80 Å². The van der Waals surface area contributed by atoms with E-state index in [1.165, 1.54) is 44.5 Å². The van der Waals surface area contributed by atoms with Gasteiger partial charge in [0.05, 0.1) is 80.1 Å². The van der Waals surface area contributed by atoms with Gasteiger partial charge in [0.2, 0.25) is 0 Å². The molecule has 6 heteroatoms. The highest BCUT2D eigenvalue weighted by Crippen LogP contribution is 2.65. The van der Waals surface area contributed by atoms with Gasteiger partial charge in [0, 0.05) is 22.5 Å². The number of anilines is 6. The molecule has 4 aliphatic rings. The zero-order valence-electron chi connectivity index (χ0n) is 38.5. The van der Waals surface area contributed by atoms with Gasteiger partial charge in [0.25, 0.3) is 0 Å². The lowest BCUT2D eigenvalue weighted by Crippen LogP contribution is -2.36. The molecule has 10 aromatic carbocycles. The second-order valence-corrected chi connectivity index (χ2v) is 18.7. The molecule has 0 saturated heterocycles. The van der Waals surface area contributed by atoms with Crippen molar-refractivity contribution in [2.75, 3.05) is 9.80 Å². The van der Waals surface area contributed by atoms with Crippen LogP contribution in [0.4, 0.5) is 34.1 Å². The van der Waals surface area contributed by atoms with E-state index < -0.39 is 10.8 Å². The molecule has 72 heavy (non-hydrogen) atoms. The largest absolute Gasteiger partial charge is 0.310 e. The molecular weight excluding hydrogens is 877 g/mol. The first-order valence-corrected chi connectivity index (χ1v) is 23.9. The summed E-state index contributed by atoms with van der Waals surface area (Å²) < 4.78 is 0. The number of rotatable bonds is 3. The van der Waals surface area contributed by atoms with Crippen LogP contribution in [0.1, 0.15) is 66.8 Å². The average molecular weight is 913 g/mol. The van der Waals surface area contributed by atoms with E-state index in [9.17, 15) is 21.0 Å². The normalized spacial score (nSPS) is 13.9. The third kappa shape index (κ3) is 5.07. The molecule has 0 unspecified atom stereocenters. The smallest absolute Gasteiger partial charge is 0.0999 e. The van der Waals surface area contributed by atoms with Crippen LogP contribution in [0, 0.1) is 45.3 Å². The van der Waals surface area contributed by atoms with Crippen LogP contribution in [0.15, 0.2) is 218 Å². The Morgan fingerprint density at radius 2 is 0.472 bits per heavy atom. The van der Waals surface area contributed by atoms with Gasteiger partial charge in [-0.1, -0.05) is 170 Å². The van der Waals surface area contributed by atoms with Crippen molar-refractivity contribution in [3.63, 3.8) is 0 Å². The number of nitrogens with zero attached hydrogens (tertiary/aromatic N) is 6. The molecule has 2 heterocycles. The molecule has 0 atom stereocenters. The molecule has 14 rings (SSSR count). The molecule has 0 aromatic heterocycles. The van der Waals surface area contributed by atoms with Gasteiger partial charge in [-0.15, -0.1) is 0 Å². The van der Waals surface area contributed by atoms with Crippen molar-refractivity contribution in [2.45, 2.75) is 10.8 Å². The SMILES string of the molecule is N#Cc1cc(N2c3ccccc3C3(c4ccccc4-c4ccccc43)c3ccccc32)cc(C#N)c1-c1c(C#N)cc(N2c3ccccc3C3(c4ccccc4-c4ccccc43)c3ccccc32)cc1C#N. The van der Waals surface area contributed by atoms with Crippen molar-refractivity contribution in [1.29, 1.82) is 21.0 Å². The van der Waals surface area contributed by atoms with Crippen molar-refractivity contribution in [1.82, 2.24) is 0 Å². The molecule has 6 nitrogen and oxygen atoms in total. The summed E-state index contributed by atoms with van der Waals surface area (Å²) in [6, 6.07) is 84.9. The molecule has 0 fully saturated rings. The van der Waals surface area contributed by atoms with Gasteiger partial charge >= 0.3 is 0 Å². The van der Waals surface area contributed by atoms with Gasteiger partial charge in [-0.05, 0) is 115 Å². The van der Waals surface area contributed by atoms with E-state index >= 15 is 0 Å². The fraction of sp³-hybridized carbons (Fsp3) is 0.0303. The summed E-state index contributed by atoms with van der Waals surface area (Å²) in [5.41, 5.74) is 18.6. The molecule has 2 aliphatic heterocycles. The van der Waals surface area contributed by atoms with E-state index in [0.29, 0.717) is 11.4 Å². The predicted molar refractivity (Wildman–Crippen MR) is 282 cm³/mol. The number of hydrogen-bond acceptors (Lipinski definition) is 6. The predicted octanol–water partition coefficient (Wildman–Crippen LogP) is 15.1. The number of para-hydroxylation sites is 4. The first-order valence-electron chi connectivity index (χ1n) is 23.9. The van der Waals surface area contributed by atoms with Crippen LogP contribution < -0.4 is 9.80 Å². The summed E-state index contributed by atoms with van der Waals surface area (Å²) in [5, 5.41) is 44.8. The van der Waals surface area contributed by atoms with Crippen molar-refractivity contribution in [3.05, 3.63) is 285 Å². The van der Waals surface area contributed by atoms with Crippen molar-refractivity contribution in [3.8, 4) is 57.7 Å². The van der Waals surface area contributed by atoms with Gasteiger partial charge in [-0.25, -0.2) is 0 Å². The lowest BCUT2D eigenvalue weighted by molar-refractivity contribution is 0.752. The minimum atomic E-state index is -0.639. The average Bonchev–Trinajstić information content (AvgIpc) is 3.92. The molecule has 2 spiro atoms. The van der Waals surface area contributed by atoms with Crippen LogP contribution >= 0.6 is 0 Å². The zero-order chi connectivity index (χ0) is 48.3. The Morgan fingerprint density at radius 3 is 0.708 bits per heavy atom. The molecule has 0 amide bonds. The number of nitriles is 4. The Morgan fingerprint density at radius 1 is 0.264 bits per heavy atom. The summed E-state index contributed by atoms with van der Waals surface area (Å²) in [7, 11) is 0. The standard InChI is InChI=1S/C66H36N6/c67-37-41-33-45(71-59-29-13-9-25-55(59)65(56-26-10-14-30-60(56)71)51-21-5-1-17-47(51)48-18-2-6-22-52(48)65)34-42(38-68)63(41)64-43(39-69)35-46(36-44(64)40-70)72-61-31-15-11-27-57(61)66(58-28-12-16-32-62(58)72)53-23-7-3-19-49(53)50-20-4-8-24-54(50)66/h1-36H. The Balaban J connectivity index is 0.951. The Hall–Kier alpha value is -10.2. The number of fused-ring (bicyclic) bond motifs is 18. The summed E-state index contributed by atoms with van der Waals surface area (Å²) in [5.74, 6) is 0. The van der Waals surface area contributed by atoms with E-state index in [2.05, 4.69) is 204 Å². The molecule has 0 N–H and O–H groups in total. The third-order valence-electron chi connectivity index (χ3n) is 15.6. The van der Waals surface area contributed by atoms with E-state index in [-0.39, 0.29) is 33.4 Å². The van der Waals surface area contributed by atoms with E-state index in [1.807, 2.05) is 24.3 Å². The molecular formula is C66H36N6. The molecule has 0 radical (unpaired) electrons. The van der Waals surface area contributed by atoms with Crippen molar-refractivity contribution < 1.29 is 0 Å². The first-order chi connectivity index (χ1) is 35.6. The Labute approximate surface area is 416 Å². The van der Waals surface area contributed by atoms with Crippen LogP contribution in [0.2, 0.25) is 0 Å². The maximum absolute atomic E-state index is 11.2. The zero-order valence-corrected chi connectivity index (χ0v) is 38.5. The maximum Gasteiger partial charge on any atom is 0.0999 e. The molecule has 0 saturated carbocycles. The summed E-state index contributed by atoms with van der Waals surface area (Å²) in [6.07, 6.45) is 0. The number of hydrogen-bond donors (Lipinski definition) is 0. The summed E-state index contributed by atoms with van der Waals surface area (Å²) in [6.45, 7) is 0. The fourth-order valence-electron chi connectivity index (χ4n) is 13.1. The summed E-state index contributed by atoms with van der Waals surface area (Å²) in [4.78, 5) is 4.28. The highest BCUT2D eigenvalue weighted by molar-refractivity contribution is 6.00. The maximum atomic E-state index is 11.2. The van der Waals surface area contributed by atoms with Crippen molar-refractivity contribution in [2.24, 2.45) is 0 Å². The highest BCUT2D eigenvalue weighted by atomic mass is 15.2. The minimum absolute atomic E-state index is 0.172. The lowest BCUT2D eigenvalue weighted by Gasteiger charge is -2.45. The lowest BCUT2D eigenvalue weighted by atomic mass is 9.64. The molecule has 10 aromatic rings. The van der Waals surface area contributed by atoms with Crippen LogP contribution in [-0.2, 0) is 10.8 Å². The quantitative estimate of drug-likeness (QED) is 0.175. The number of benzene rings is 10. The van der Waals surface area contributed by atoms with E-state index in [4.69, 9.17) is 0 Å². The van der Waals surface area contributed by atoms with Crippen LogP contribution in [0.25, 0.3) is 33.4 Å². The monoisotopic (exact) mass is 912 g/mol. The van der Waals surface area contributed by atoms with E-state index in [1.54, 1.807) is 24.3 Å². The van der Waals surface area contributed by atoms with Gasteiger partial charge in [0.15, 0.2) is 0 Å². The van der Waals surface area contributed by atoms with Gasteiger partial charge in [-0.3, -0.25) is 0 Å². The van der Waals surface area contributed by atoms with Crippen molar-refractivity contribution >= 4 is 34.1 Å². The summed E-state index contributed by atoms with van der Waals surface area (Å²) >= 11 is 0.